The highest BCUT2D eigenvalue weighted by Gasteiger charge is 2.11. The van der Waals surface area contributed by atoms with Crippen LogP contribution in [0.4, 0.5) is 0 Å². The van der Waals surface area contributed by atoms with Gasteiger partial charge in [-0.15, -0.1) is 0 Å². The highest BCUT2D eigenvalue weighted by molar-refractivity contribution is 5.71. The molecule has 0 aliphatic rings. The Balaban J connectivity index is -0.000000425. The van der Waals surface area contributed by atoms with E-state index in [4.69, 9.17) is 0 Å². The van der Waals surface area contributed by atoms with Gasteiger partial charge < -0.3 is 0 Å². The van der Waals surface area contributed by atoms with E-state index in [0.29, 0.717) is 0 Å². The van der Waals surface area contributed by atoms with Gasteiger partial charge in [-0.05, 0) is 74.9 Å². The van der Waals surface area contributed by atoms with Crippen LogP contribution >= 0.6 is 0 Å². The fraction of sp³-hybridized carbons (Fsp3) is 0.600. The molecule has 0 aliphatic carbocycles. The third-order valence-corrected chi connectivity index (χ3v) is 3.43. The fourth-order valence-corrected chi connectivity index (χ4v) is 2.14. The Hall–Kier alpha value is -1.04. The minimum atomic E-state index is 1.17. The molecule has 0 spiro atoms. The van der Waals surface area contributed by atoms with E-state index in [1.165, 1.54) is 39.0 Å². The average Bonchev–Trinajstić information content (AvgIpc) is 2.49. The largest absolute Gasteiger partial charge is 0.0955 e. The molecule has 0 heteroatoms. The van der Waals surface area contributed by atoms with Gasteiger partial charge in [0, 0.05) is 0 Å². The van der Waals surface area contributed by atoms with Crippen LogP contribution in [-0.4, -0.2) is 0 Å². The van der Waals surface area contributed by atoms with Crippen LogP contribution in [0.5, 0.6) is 0 Å². The van der Waals surface area contributed by atoms with Crippen molar-refractivity contribution >= 4 is 5.57 Å². The molecule has 0 bridgehead atoms. The molecule has 0 fully saturated rings. The predicted octanol–water partition coefficient (Wildman–Crippen LogP) is 7.34. The van der Waals surface area contributed by atoms with Gasteiger partial charge in [0.1, 0.15) is 0 Å². The minimum absolute atomic E-state index is 1.17. The third kappa shape index (κ3) is 5.94. The minimum Gasteiger partial charge on any atom is -0.0955 e. The number of hydrogen-bond acceptors (Lipinski definition) is 0. The van der Waals surface area contributed by atoms with E-state index in [1.807, 2.05) is 41.5 Å². The molecular formula is C20H38. The maximum Gasteiger partial charge on any atom is -0.0169 e. The Labute approximate surface area is 129 Å². The highest BCUT2D eigenvalue weighted by atomic mass is 14.2. The molecule has 0 saturated heterocycles. The molecule has 0 radical (unpaired) electrons. The van der Waals surface area contributed by atoms with Crippen molar-refractivity contribution in [3.05, 3.63) is 40.0 Å². The SMILES string of the molecule is C=C(C)c1c(C)c(C)c(C)c(C)c1C.CC.CC.CC. The Morgan fingerprint density at radius 3 is 0.950 bits per heavy atom. The second-order valence-electron chi connectivity index (χ2n) is 4.28. The maximum atomic E-state index is 4.06. The number of benzene rings is 1. The summed E-state index contributed by atoms with van der Waals surface area (Å²) in [5, 5.41) is 0. The number of rotatable bonds is 1. The lowest BCUT2D eigenvalue weighted by atomic mass is 9.87. The lowest BCUT2D eigenvalue weighted by Gasteiger charge is -2.18. The van der Waals surface area contributed by atoms with Crippen molar-refractivity contribution in [3.63, 3.8) is 0 Å². The molecule has 0 atom stereocenters. The maximum absolute atomic E-state index is 4.06. The molecule has 1 aromatic carbocycles. The zero-order valence-corrected chi connectivity index (χ0v) is 16.2. The van der Waals surface area contributed by atoms with Crippen LogP contribution < -0.4 is 0 Å². The van der Waals surface area contributed by atoms with Gasteiger partial charge in [-0.1, -0.05) is 53.7 Å². The van der Waals surface area contributed by atoms with E-state index >= 15 is 0 Å². The van der Waals surface area contributed by atoms with Crippen molar-refractivity contribution in [1.29, 1.82) is 0 Å². The summed E-state index contributed by atoms with van der Waals surface area (Å²) in [6.45, 7) is 29.1. The topological polar surface area (TPSA) is 0 Å². The van der Waals surface area contributed by atoms with Gasteiger partial charge in [-0.25, -0.2) is 0 Å². The zero-order valence-electron chi connectivity index (χ0n) is 16.2. The quantitative estimate of drug-likeness (QED) is 0.504. The van der Waals surface area contributed by atoms with Gasteiger partial charge in [0.15, 0.2) is 0 Å². The van der Waals surface area contributed by atoms with Crippen LogP contribution in [0.3, 0.4) is 0 Å². The van der Waals surface area contributed by atoms with E-state index in [2.05, 4.69) is 48.1 Å². The van der Waals surface area contributed by atoms with Crippen LogP contribution in [-0.2, 0) is 0 Å². The molecule has 1 aromatic rings. The first kappa shape index (κ1) is 24.0. The van der Waals surface area contributed by atoms with Gasteiger partial charge in [0.2, 0.25) is 0 Å². The van der Waals surface area contributed by atoms with Gasteiger partial charge in [-0.2, -0.15) is 0 Å². The Bertz CT molecular complexity index is 366. The monoisotopic (exact) mass is 278 g/mol. The predicted molar refractivity (Wildman–Crippen MR) is 98.9 cm³/mol. The molecule has 0 aromatic heterocycles. The Morgan fingerprint density at radius 2 is 0.750 bits per heavy atom. The van der Waals surface area contributed by atoms with Crippen LogP contribution in [0, 0.1) is 34.6 Å². The second kappa shape index (κ2) is 13.0. The molecule has 0 saturated carbocycles. The molecule has 0 N–H and O–H groups in total. The average molecular weight is 279 g/mol. The number of hydrogen-bond donors (Lipinski definition) is 0. The van der Waals surface area contributed by atoms with Crippen molar-refractivity contribution in [2.24, 2.45) is 0 Å². The summed E-state index contributed by atoms with van der Waals surface area (Å²) >= 11 is 0. The molecule has 1 rings (SSSR count). The smallest absolute Gasteiger partial charge is 0.0169 e. The van der Waals surface area contributed by atoms with Crippen LogP contribution in [0.2, 0.25) is 0 Å². The Morgan fingerprint density at radius 1 is 0.550 bits per heavy atom. The summed E-state index contributed by atoms with van der Waals surface area (Å²) in [6, 6.07) is 0. The summed E-state index contributed by atoms with van der Waals surface area (Å²) in [5.74, 6) is 0. The van der Waals surface area contributed by atoms with Gasteiger partial charge in [0.05, 0.1) is 0 Å². The van der Waals surface area contributed by atoms with Gasteiger partial charge in [0.25, 0.3) is 0 Å². The van der Waals surface area contributed by atoms with E-state index in [9.17, 15) is 0 Å². The number of allylic oxidation sites excluding steroid dienone is 1. The van der Waals surface area contributed by atoms with Crippen molar-refractivity contribution in [2.45, 2.75) is 83.1 Å². The summed E-state index contributed by atoms with van der Waals surface area (Å²) in [7, 11) is 0. The fourth-order valence-electron chi connectivity index (χ4n) is 2.14. The first-order valence-electron chi connectivity index (χ1n) is 8.10. The molecule has 0 aliphatic heterocycles. The lowest BCUT2D eigenvalue weighted by Crippen LogP contribution is -2.00. The first-order chi connectivity index (χ1) is 9.37. The standard InChI is InChI=1S/C14H20.3C2H6/c1-8(2)14-12(6)10(4)9(3)11(5)13(14)7;3*1-2/h1H2,2-7H3;3*1-2H3. The summed E-state index contributed by atoms with van der Waals surface area (Å²) in [5.41, 5.74) is 9.54. The van der Waals surface area contributed by atoms with Crippen LogP contribution in [0.25, 0.3) is 5.57 Å². The van der Waals surface area contributed by atoms with E-state index in [-0.39, 0.29) is 0 Å². The third-order valence-electron chi connectivity index (χ3n) is 3.43. The summed E-state index contributed by atoms with van der Waals surface area (Å²) in [4.78, 5) is 0. The van der Waals surface area contributed by atoms with Crippen molar-refractivity contribution < 1.29 is 0 Å². The van der Waals surface area contributed by atoms with E-state index in [0.717, 1.165) is 0 Å². The zero-order chi connectivity index (χ0) is 17.0. The van der Waals surface area contributed by atoms with Gasteiger partial charge >= 0.3 is 0 Å². The molecule has 0 heterocycles. The highest BCUT2D eigenvalue weighted by Crippen LogP contribution is 2.29. The summed E-state index contributed by atoms with van der Waals surface area (Å²) in [6.07, 6.45) is 0. The lowest BCUT2D eigenvalue weighted by molar-refractivity contribution is 1.16. The van der Waals surface area contributed by atoms with E-state index < -0.39 is 0 Å². The van der Waals surface area contributed by atoms with Crippen LogP contribution in [0.1, 0.15) is 81.8 Å². The molecule has 0 unspecified atom stereocenters. The molecular weight excluding hydrogens is 240 g/mol. The van der Waals surface area contributed by atoms with Gasteiger partial charge in [-0.3, -0.25) is 0 Å². The van der Waals surface area contributed by atoms with E-state index in [1.54, 1.807) is 0 Å². The Kier molecular flexibility index (Phi) is 15.6. The van der Waals surface area contributed by atoms with Crippen LogP contribution in [0.15, 0.2) is 6.58 Å². The normalized spacial score (nSPS) is 8.20. The molecule has 20 heavy (non-hydrogen) atoms. The van der Waals surface area contributed by atoms with Crippen molar-refractivity contribution in [3.8, 4) is 0 Å². The van der Waals surface area contributed by atoms with Crippen molar-refractivity contribution in [2.75, 3.05) is 0 Å². The molecule has 0 nitrogen and oxygen atoms in total. The second-order valence-corrected chi connectivity index (χ2v) is 4.28. The van der Waals surface area contributed by atoms with Crippen molar-refractivity contribution in [1.82, 2.24) is 0 Å². The molecule has 0 amide bonds. The first-order valence-corrected chi connectivity index (χ1v) is 8.10. The summed E-state index contributed by atoms with van der Waals surface area (Å²) < 4.78 is 0. The molecule has 118 valence electrons.